The van der Waals surface area contributed by atoms with E-state index in [2.05, 4.69) is 19.0 Å². The van der Waals surface area contributed by atoms with Crippen LogP contribution in [0.15, 0.2) is 0 Å². The first-order chi connectivity index (χ1) is 2.00. The van der Waals surface area contributed by atoms with E-state index in [9.17, 15) is 0 Å². The maximum atomic E-state index is 4.22. The van der Waals surface area contributed by atoms with Gasteiger partial charge in [-0.15, -0.1) is 0 Å². The molecule has 0 aromatic rings. The van der Waals surface area contributed by atoms with Gasteiger partial charge in [0.15, 0.2) is 0 Å². The van der Waals surface area contributed by atoms with Crippen molar-refractivity contribution in [3.63, 3.8) is 0 Å². The van der Waals surface area contributed by atoms with E-state index in [1.165, 1.54) is 0 Å². The summed E-state index contributed by atoms with van der Waals surface area (Å²) in [6, 6.07) is 0. The molecule has 5 heavy (non-hydrogen) atoms. The molecule has 0 bridgehead atoms. The molecule has 0 heterocycles. The predicted molar refractivity (Wildman–Crippen MR) is 31.1 cm³/mol. The molecule has 0 fully saturated rings. The molecular weight excluding hydrogens is 371 g/mol. The van der Waals surface area contributed by atoms with Crippen LogP contribution in [0.25, 0.3) is 0 Å². The van der Waals surface area contributed by atoms with Gasteiger partial charge >= 0.3 is 58.2 Å². The Kier molecular flexibility index (Phi) is 105. The third-order valence-corrected chi connectivity index (χ3v) is 0. The summed E-state index contributed by atoms with van der Waals surface area (Å²) < 4.78 is 0. The predicted octanol–water partition coefficient (Wildman–Crippen LogP) is 0.375. The fraction of sp³-hybridized carbons (Fsp3) is 0. The van der Waals surface area contributed by atoms with Gasteiger partial charge in [0.1, 0.15) is 0 Å². The Hall–Kier alpha value is 2.30. The molecule has 0 aromatic heterocycles. The van der Waals surface area contributed by atoms with E-state index in [0.29, 0.717) is 0 Å². The van der Waals surface area contributed by atoms with Crippen molar-refractivity contribution < 1.29 is 16.6 Å². The summed E-state index contributed by atoms with van der Waals surface area (Å²) in [5.74, 6) is 0. The number of rotatable bonds is 0. The van der Waals surface area contributed by atoms with E-state index in [1.807, 2.05) is 0 Å². The van der Waals surface area contributed by atoms with Crippen molar-refractivity contribution in [1.82, 2.24) is 0 Å². The Labute approximate surface area is 70.6 Å². The zero-order chi connectivity index (χ0) is 4.00. The van der Waals surface area contributed by atoms with Crippen LogP contribution in [0.5, 0.6) is 0 Å². The van der Waals surface area contributed by atoms with Gasteiger partial charge in [-0.2, -0.15) is 0 Å². The summed E-state index contributed by atoms with van der Waals surface area (Å²) in [5, 5.41) is 0. The fourth-order valence-electron chi connectivity index (χ4n) is 0. The molecule has 5 heteroatoms. The summed E-state index contributed by atoms with van der Waals surface area (Å²) in [5.41, 5.74) is 0. The molecule has 0 aromatic carbocycles. The van der Waals surface area contributed by atoms with Gasteiger partial charge in [0.2, 0.25) is 0 Å². The molecule has 0 radical (unpaired) electrons. The van der Waals surface area contributed by atoms with Crippen molar-refractivity contribution in [2.45, 2.75) is 0 Å². The average molecular weight is 373 g/mol. The van der Waals surface area contributed by atoms with Crippen LogP contribution >= 0.6 is 19.0 Å². The molecule has 0 saturated heterocycles. The Morgan fingerprint density at radius 3 is 1.20 bits per heavy atom. The molecule has 0 atom stereocenters. The van der Waals surface area contributed by atoms with E-state index in [0.717, 1.165) is 39.2 Å². The van der Waals surface area contributed by atoms with E-state index in [1.54, 1.807) is 0 Å². The Bertz CT molecular complexity index is 8.85. The molecule has 0 aliphatic carbocycles. The van der Waals surface area contributed by atoms with Gasteiger partial charge in [0.05, 0.1) is 0 Å². The van der Waals surface area contributed by atoms with Gasteiger partial charge in [-0.1, -0.05) is 0 Å². The standard InChI is InChI=1S/Bi.H2S.2S.Zn.H/h;1H2;;;;/p-1. The van der Waals surface area contributed by atoms with Crippen LogP contribution in [0, 0.1) is 0 Å². The van der Waals surface area contributed by atoms with Crippen LogP contribution in [-0.2, 0) is 30.1 Å². The Balaban J connectivity index is -0.0000000133. The molecule has 28 valence electrons. The van der Waals surface area contributed by atoms with Crippen molar-refractivity contribution in [3.05, 3.63) is 0 Å². The van der Waals surface area contributed by atoms with Crippen LogP contribution in [0.1, 0.15) is 0 Å². The minimum absolute atomic E-state index is 0. The van der Waals surface area contributed by atoms with Crippen LogP contribution in [-0.4, -0.2) is 22.7 Å². The summed E-state index contributed by atoms with van der Waals surface area (Å²) in [7, 11) is 8.43. The van der Waals surface area contributed by atoms with Crippen molar-refractivity contribution in [2.75, 3.05) is 0 Å². The Morgan fingerprint density at radius 1 is 1.20 bits per heavy atom. The molecule has 0 spiro atoms. The fourth-order valence-corrected chi connectivity index (χ4v) is 0. The van der Waals surface area contributed by atoms with Gasteiger partial charge in [-0.3, -0.25) is 0 Å². The van der Waals surface area contributed by atoms with Crippen LogP contribution in [0.3, 0.4) is 0 Å². The van der Waals surface area contributed by atoms with E-state index < -0.39 is 0 Å². The number of hydrogen-bond donors (Lipinski definition) is 0. The van der Waals surface area contributed by atoms with Gasteiger partial charge in [-0.05, 0) is 0 Å². The second-order valence-electron chi connectivity index (χ2n) is 0. The van der Waals surface area contributed by atoms with E-state index in [4.69, 9.17) is 0 Å². The monoisotopic (exact) mass is 371 g/mol. The van der Waals surface area contributed by atoms with Crippen LogP contribution < -0.4 is 0 Å². The van der Waals surface area contributed by atoms with Crippen LogP contribution in [0.4, 0.5) is 0 Å². The second kappa shape index (κ2) is 33.5. The first-order valence-electron chi connectivity index (χ1n) is 0.493. The maximum absolute atomic E-state index is 4.22. The summed E-state index contributed by atoms with van der Waals surface area (Å²) in [4.78, 5) is 0. The first kappa shape index (κ1) is 15.7. The zero-order valence-electron chi connectivity index (χ0n) is 2.47. The minimum atomic E-state index is 0. The number of thiol groups is 1. The second-order valence-corrected chi connectivity index (χ2v) is 0. The molecule has 0 aliphatic heterocycles. The van der Waals surface area contributed by atoms with Crippen molar-refractivity contribution >= 4 is 55.1 Å². The average Bonchev–Trinajstić information content (AvgIpc) is 1.50. The summed E-state index contributed by atoms with van der Waals surface area (Å²) in [6.07, 6.45) is 0. The van der Waals surface area contributed by atoms with Crippen LogP contribution in [0.2, 0.25) is 0 Å². The van der Waals surface area contributed by atoms with Crippen molar-refractivity contribution in [1.29, 1.82) is 0 Å². The molecule has 0 rings (SSSR count). The number of hydrogen-bond acceptors (Lipinski definition) is 3. The summed E-state index contributed by atoms with van der Waals surface area (Å²) >= 11 is 1.85. The topological polar surface area (TPSA) is 0 Å². The van der Waals surface area contributed by atoms with E-state index in [-0.39, 0.29) is 13.5 Å². The molecule has 0 saturated carbocycles. The molecular formula is H2BiS3Zn-. The normalized spacial score (nSPS) is 2.00. The molecule has 0 aliphatic rings. The Morgan fingerprint density at radius 2 is 1.20 bits per heavy atom. The first-order valence-corrected chi connectivity index (χ1v) is 9.87. The zero-order valence-corrected chi connectivity index (χ0v) is 11.9. The van der Waals surface area contributed by atoms with Gasteiger partial charge in [0.25, 0.3) is 0 Å². The van der Waals surface area contributed by atoms with Crippen molar-refractivity contribution in [3.8, 4) is 0 Å². The summed E-state index contributed by atoms with van der Waals surface area (Å²) in [6.45, 7) is 0. The molecule has 0 unspecified atom stereocenters. The van der Waals surface area contributed by atoms with Crippen molar-refractivity contribution in [2.24, 2.45) is 0 Å². The third kappa shape index (κ3) is 22.0. The van der Waals surface area contributed by atoms with Gasteiger partial charge in [-0.25, -0.2) is 0 Å². The van der Waals surface area contributed by atoms with Gasteiger partial charge < -0.3 is 13.5 Å². The molecule has 0 N–H and O–H groups in total. The molecule has 0 nitrogen and oxygen atoms in total. The quantitative estimate of drug-likeness (QED) is 0.343. The SMILES string of the molecule is [SH-].[S]=[BiH].[S]=[Zn]. The molecule has 0 amide bonds. The third-order valence-electron chi connectivity index (χ3n) is 0. The van der Waals surface area contributed by atoms with Gasteiger partial charge in [0, 0.05) is 0 Å². The van der Waals surface area contributed by atoms with E-state index >= 15 is 0 Å².